The van der Waals surface area contributed by atoms with Gasteiger partial charge < -0.3 is 28.8 Å². The van der Waals surface area contributed by atoms with Crippen LogP contribution < -0.4 is 57.1 Å². The first-order valence-electron chi connectivity index (χ1n) is 27.6. The smallest absolute Gasteiger partial charge is 0.256 e. The predicted octanol–water partition coefficient (Wildman–Crippen LogP) is 15.7. The summed E-state index contributed by atoms with van der Waals surface area (Å²) < 4.78 is 14.0. The van der Waals surface area contributed by atoms with Crippen molar-refractivity contribution in [2.24, 2.45) is 0 Å². The van der Waals surface area contributed by atoms with E-state index < -0.39 is 0 Å². The van der Waals surface area contributed by atoms with E-state index in [1.807, 2.05) is 11.8 Å². The second-order valence-corrected chi connectivity index (χ2v) is 22.2. The average Bonchev–Trinajstić information content (AvgIpc) is 3.32. The predicted molar refractivity (Wildman–Crippen MR) is 339 cm³/mol. The Hall–Kier alpha value is -10.1. The first kappa shape index (κ1) is 45.9. The first-order valence-corrected chi connectivity index (χ1v) is 28.5. The lowest BCUT2D eigenvalue weighted by molar-refractivity contribution is 0.487. The lowest BCUT2D eigenvalue weighted by Gasteiger charge is -2.44. The molecule has 0 bridgehead atoms. The molecule has 9 heteroatoms. The summed E-state index contributed by atoms with van der Waals surface area (Å²) in [6.45, 7) is -0.243. The van der Waals surface area contributed by atoms with E-state index in [0.29, 0.717) is 0 Å². The van der Waals surface area contributed by atoms with E-state index in [0.717, 1.165) is 101 Å². The third kappa shape index (κ3) is 7.11. The van der Waals surface area contributed by atoms with Gasteiger partial charge in [0.05, 0.1) is 16.8 Å². The molecule has 0 fully saturated rings. The first-order chi connectivity index (χ1) is 40.2. The molecule has 0 spiro atoms. The lowest BCUT2D eigenvalue weighted by Crippen LogP contribution is -2.63. The molecule has 378 valence electrons. The Kier molecular flexibility index (Phi) is 10.3. The van der Waals surface area contributed by atoms with Gasteiger partial charge in [-0.15, -0.1) is 0 Å². The minimum absolute atomic E-state index is 0.0815. The van der Waals surface area contributed by atoms with Crippen LogP contribution in [0.25, 0.3) is 21.9 Å². The van der Waals surface area contributed by atoms with Crippen LogP contribution in [0.3, 0.4) is 0 Å². The van der Waals surface area contributed by atoms with Gasteiger partial charge in [-0.1, -0.05) is 175 Å². The Balaban J connectivity index is 0.961. The van der Waals surface area contributed by atoms with Gasteiger partial charge in [-0.2, -0.15) is 0 Å². The van der Waals surface area contributed by atoms with Gasteiger partial charge in [0.25, 0.3) is 6.71 Å². The topological polar surface area (TPSA) is 35.3 Å². The molecule has 0 radical (unpaired) electrons. The maximum Gasteiger partial charge on any atom is 0.256 e. The van der Waals surface area contributed by atoms with E-state index in [4.69, 9.17) is 9.15 Å². The minimum Gasteiger partial charge on any atom is -0.458 e. The number of rotatable bonds is 8. The van der Waals surface area contributed by atoms with Crippen molar-refractivity contribution in [1.29, 1.82) is 0 Å². The third-order valence-corrected chi connectivity index (χ3v) is 17.8. The van der Waals surface area contributed by atoms with Crippen LogP contribution in [-0.2, 0) is 0 Å². The Morgan fingerprint density at radius 2 is 0.852 bits per heavy atom. The zero-order chi connectivity index (χ0) is 53.1. The van der Waals surface area contributed by atoms with Crippen LogP contribution in [0.1, 0.15) is 0 Å². The molecule has 0 aliphatic carbocycles. The second kappa shape index (κ2) is 18.2. The van der Waals surface area contributed by atoms with Crippen molar-refractivity contribution in [3.63, 3.8) is 0 Å². The molecule has 0 unspecified atom stereocenters. The third-order valence-electron chi connectivity index (χ3n) is 16.7. The van der Waals surface area contributed by atoms with Crippen molar-refractivity contribution in [2.75, 3.05) is 19.6 Å². The number of furan rings is 1. The van der Waals surface area contributed by atoms with Crippen LogP contribution in [0.2, 0.25) is 0 Å². The van der Waals surface area contributed by atoms with Crippen LogP contribution in [0.15, 0.2) is 293 Å². The van der Waals surface area contributed by atoms with Crippen molar-refractivity contribution in [3.8, 4) is 11.5 Å². The highest BCUT2D eigenvalue weighted by Gasteiger charge is 2.47. The van der Waals surface area contributed by atoms with Crippen molar-refractivity contribution in [3.05, 3.63) is 279 Å². The van der Waals surface area contributed by atoms with Crippen LogP contribution in [0.5, 0.6) is 11.5 Å². The van der Waals surface area contributed by atoms with Gasteiger partial charge in [-0.3, -0.25) is 0 Å². The normalized spacial score (nSPS) is 13.1. The van der Waals surface area contributed by atoms with E-state index in [-0.39, 0.29) is 13.4 Å². The Morgan fingerprint density at radius 1 is 0.321 bits per heavy atom. The standard InChI is InChI=1S/C72H46B2N4O2S/c1-6-23-47(24-7-1)75(48-25-8-2-9-26-48)52-41-62-71-67(43-52)80-65-39-21-18-35-56(65)74(71)57-45-58-68(46-61(57)78(62)60-37-22-40-66-70(60)54-33-16-20-38-64(54)79-66)81-69-44-53(76(49-27-10-3-11-28-49)50-29-12-4-13-30-50)42-63-72(69)73(58)55-34-17-19-36-59(55)77(63)51-31-14-5-15-32-51/h1-46H. The molecule has 4 aliphatic rings. The number of nitrogens with zero attached hydrogens (tertiary/aromatic N) is 4. The number of anilines is 12. The fraction of sp³-hybridized carbons (Fsp3) is 0. The summed E-state index contributed by atoms with van der Waals surface area (Å²) in [5.41, 5.74) is 22.1. The Bertz CT molecular complexity index is 4560. The molecule has 0 saturated carbocycles. The fourth-order valence-electron chi connectivity index (χ4n) is 13.4. The highest BCUT2D eigenvalue weighted by atomic mass is 32.2. The molecule has 5 heterocycles. The molecule has 0 amide bonds. The molecule has 81 heavy (non-hydrogen) atoms. The van der Waals surface area contributed by atoms with Gasteiger partial charge in [0.2, 0.25) is 6.71 Å². The van der Waals surface area contributed by atoms with E-state index in [9.17, 15) is 0 Å². The van der Waals surface area contributed by atoms with Gasteiger partial charge in [0.1, 0.15) is 22.7 Å². The van der Waals surface area contributed by atoms with Crippen molar-refractivity contribution < 1.29 is 9.15 Å². The molecule has 4 aliphatic heterocycles. The van der Waals surface area contributed by atoms with Crippen LogP contribution in [0.4, 0.5) is 68.2 Å². The number of hydrogen-bond donors (Lipinski definition) is 0. The highest BCUT2D eigenvalue weighted by molar-refractivity contribution is 8.00. The molecule has 0 atom stereocenters. The van der Waals surface area contributed by atoms with Crippen LogP contribution >= 0.6 is 11.8 Å². The Labute approximate surface area is 474 Å². The van der Waals surface area contributed by atoms with Crippen molar-refractivity contribution in [1.82, 2.24) is 0 Å². The van der Waals surface area contributed by atoms with Gasteiger partial charge in [0.15, 0.2) is 0 Å². The Morgan fingerprint density at radius 3 is 1.53 bits per heavy atom. The number of hydrogen-bond acceptors (Lipinski definition) is 7. The average molecular weight is 1050 g/mol. The summed E-state index contributed by atoms with van der Waals surface area (Å²) in [4.78, 5) is 12.2. The largest absolute Gasteiger partial charge is 0.458 e. The molecule has 1 aromatic heterocycles. The molecular formula is C72H46B2N4O2S. The molecular weight excluding hydrogens is 1010 g/mol. The quantitative estimate of drug-likeness (QED) is 0.140. The number of benzene rings is 12. The fourth-order valence-corrected chi connectivity index (χ4v) is 14.6. The van der Waals surface area contributed by atoms with Crippen molar-refractivity contribution in [2.45, 2.75) is 9.79 Å². The maximum absolute atomic E-state index is 7.26. The van der Waals surface area contributed by atoms with Gasteiger partial charge in [0, 0.05) is 78.1 Å². The number of ether oxygens (including phenoxy) is 1. The summed E-state index contributed by atoms with van der Waals surface area (Å²) in [5.74, 6) is 1.69. The van der Waals surface area contributed by atoms with Crippen molar-refractivity contribution >= 4 is 148 Å². The van der Waals surface area contributed by atoms with Gasteiger partial charge >= 0.3 is 0 Å². The summed E-state index contributed by atoms with van der Waals surface area (Å²) >= 11 is 1.89. The summed E-state index contributed by atoms with van der Waals surface area (Å²) in [6.07, 6.45) is 0. The van der Waals surface area contributed by atoms with E-state index in [1.54, 1.807) is 0 Å². The lowest BCUT2D eigenvalue weighted by atomic mass is 9.31. The monoisotopic (exact) mass is 1050 g/mol. The van der Waals surface area contributed by atoms with Gasteiger partial charge in [-0.05, 0) is 143 Å². The SMILES string of the molecule is c1ccc(N(c2ccccc2)c2cc3c4c(c2)N(c2cccc5oc6ccccc6c25)c2cc5c(cc2B4c2ccccc2O3)B2c3ccccc3N(c3ccccc3)c3cc(N(c4ccccc4)c4ccccc4)cc(c32)S5)cc1. The molecule has 0 saturated heterocycles. The maximum atomic E-state index is 7.26. The molecule has 17 rings (SSSR count). The summed E-state index contributed by atoms with van der Waals surface area (Å²) in [7, 11) is 0. The number of para-hydroxylation sites is 8. The van der Waals surface area contributed by atoms with E-state index in [1.165, 1.54) is 43.0 Å². The molecule has 12 aromatic carbocycles. The van der Waals surface area contributed by atoms with E-state index in [2.05, 4.69) is 299 Å². The van der Waals surface area contributed by atoms with Gasteiger partial charge in [-0.25, -0.2) is 0 Å². The number of fused-ring (bicyclic) bond motifs is 11. The zero-order valence-corrected chi connectivity index (χ0v) is 44.5. The molecule has 0 N–H and O–H groups in total. The summed E-state index contributed by atoms with van der Waals surface area (Å²) in [6, 6.07) is 101. The second-order valence-electron chi connectivity index (χ2n) is 21.1. The van der Waals surface area contributed by atoms with Crippen LogP contribution in [0, 0.1) is 0 Å². The summed E-state index contributed by atoms with van der Waals surface area (Å²) in [5, 5.41) is 2.13. The van der Waals surface area contributed by atoms with Crippen LogP contribution in [-0.4, -0.2) is 13.4 Å². The highest BCUT2D eigenvalue weighted by Crippen LogP contribution is 2.51. The molecule has 6 nitrogen and oxygen atoms in total. The molecule has 13 aromatic rings. The minimum atomic E-state index is -0.161. The zero-order valence-electron chi connectivity index (χ0n) is 43.7. The van der Waals surface area contributed by atoms with E-state index >= 15 is 0 Å².